The molecule has 0 spiro atoms. The molecule has 0 aliphatic carbocycles. The molecule has 1 aromatic carbocycles. The lowest BCUT2D eigenvalue weighted by atomic mass is 10.0. The summed E-state index contributed by atoms with van der Waals surface area (Å²) in [6, 6.07) is 9.56. The summed E-state index contributed by atoms with van der Waals surface area (Å²) in [7, 11) is 0. The van der Waals surface area contributed by atoms with E-state index < -0.39 is 6.09 Å². The third kappa shape index (κ3) is 3.63. The number of ether oxygens (including phenoxy) is 1. The highest BCUT2D eigenvalue weighted by Crippen LogP contribution is 2.20. The molecule has 0 saturated carbocycles. The molecule has 1 unspecified atom stereocenters. The van der Waals surface area contributed by atoms with Gasteiger partial charge in [0, 0.05) is 12.3 Å². The second-order valence-corrected chi connectivity index (χ2v) is 5.16. The fourth-order valence-electron chi connectivity index (χ4n) is 2.35. The van der Waals surface area contributed by atoms with Crippen LogP contribution < -0.4 is 0 Å². The van der Waals surface area contributed by atoms with Gasteiger partial charge in [0.05, 0.1) is 6.04 Å². The maximum Gasteiger partial charge on any atom is 0.416 e. The molecule has 4 nitrogen and oxygen atoms in total. The van der Waals surface area contributed by atoms with Gasteiger partial charge in [-0.05, 0) is 18.9 Å². The first kappa shape index (κ1) is 15.1. The first-order chi connectivity index (χ1) is 10.1. The first-order valence-corrected chi connectivity index (χ1v) is 7.07. The molecule has 1 aliphatic heterocycles. The Labute approximate surface area is 125 Å². The number of amides is 2. The second-order valence-electron chi connectivity index (χ2n) is 5.16. The summed E-state index contributed by atoms with van der Waals surface area (Å²) in [4.78, 5) is 25.5. The van der Waals surface area contributed by atoms with Crippen molar-refractivity contribution in [3.05, 3.63) is 35.9 Å². The number of rotatable bonds is 4. The first-order valence-electron chi connectivity index (χ1n) is 7.07. The SMILES string of the molecule is CC#CCC(C)C(=O)N1C(=O)OC[C@H]1Cc1ccccc1. The van der Waals surface area contributed by atoms with Crippen molar-refractivity contribution in [1.82, 2.24) is 4.90 Å². The van der Waals surface area contributed by atoms with Crippen LogP contribution in [0, 0.1) is 17.8 Å². The maximum absolute atomic E-state index is 12.4. The summed E-state index contributed by atoms with van der Waals surface area (Å²) in [5.74, 6) is 5.14. The third-order valence-electron chi connectivity index (χ3n) is 3.52. The lowest BCUT2D eigenvalue weighted by Crippen LogP contribution is -2.42. The van der Waals surface area contributed by atoms with E-state index in [1.54, 1.807) is 13.8 Å². The zero-order valence-corrected chi connectivity index (χ0v) is 12.3. The normalized spacial score (nSPS) is 18.7. The zero-order valence-electron chi connectivity index (χ0n) is 12.3. The van der Waals surface area contributed by atoms with E-state index in [0.717, 1.165) is 5.56 Å². The quantitative estimate of drug-likeness (QED) is 0.799. The van der Waals surface area contributed by atoms with Gasteiger partial charge in [0.2, 0.25) is 5.91 Å². The highest BCUT2D eigenvalue weighted by Gasteiger charge is 2.39. The minimum Gasteiger partial charge on any atom is -0.447 e. The topological polar surface area (TPSA) is 46.6 Å². The molecule has 1 fully saturated rings. The van der Waals surface area contributed by atoms with Gasteiger partial charge in [-0.3, -0.25) is 4.79 Å². The molecule has 110 valence electrons. The Hall–Kier alpha value is -2.28. The summed E-state index contributed by atoms with van der Waals surface area (Å²) in [5, 5.41) is 0. The van der Waals surface area contributed by atoms with Crippen LogP contribution >= 0.6 is 0 Å². The van der Waals surface area contributed by atoms with Gasteiger partial charge in [0.25, 0.3) is 0 Å². The minimum atomic E-state index is -0.544. The van der Waals surface area contributed by atoms with Gasteiger partial charge in [-0.15, -0.1) is 11.8 Å². The van der Waals surface area contributed by atoms with Crippen molar-refractivity contribution in [3.63, 3.8) is 0 Å². The van der Waals surface area contributed by atoms with Crippen molar-refractivity contribution in [1.29, 1.82) is 0 Å². The van der Waals surface area contributed by atoms with Crippen molar-refractivity contribution in [3.8, 4) is 11.8 Å². The van der Waals surface area contributed by atoms with Crippen LogP contribution in [0.1, 0.15) is 25.8 Å². The summed E-state index contributed by atoms with van der Waals surface area (Å²) >= 11 is 0. The fourth-order valence-corrected chi connectivity index (χ4v) is 2.35. The zero-order chi connectivity index (χ0) is 15.2. The molecular formula is C17H19NO3. The lowest BCUT2D eigenvalue weighted by molar-refractivity contribution is -0.132. The molecule has 2 amide bonds. The average molecular weight is 285 g/mol. The predicted molar refractivity (Wildman–Crippen MR) is 79.4 cm³/mol. The van der Waals surface area contributed by atoms with Crippen LogP contribution in [0.5, 0.6) is 0 Å². The number of benzene rings is 1. The van der Waals surface area contributed by atoms with Crippen LogP contribution in [0.3, 0.4) is 0 Å². The second kappa shape index (κ2) is 6.94. The Bertz CT molecular complexity index is 571. The summed E-state index contributed by atoms with van der Waals surface area (Å²) in [5.41, 5.74) is 1.08. The van der Waals surface area contributed by atoms with Crippen molar-refractivity contribution in [2.75, 3.05) is 6.61 Å². The summed E-state index contributed by atoms with van der Waals surface area (Å²) < 4.78 is 5.06. The van der Waals surface area contributed by atoms with E-state index in [1.807, 2.05) is 30.3 Å². The number of carbonyl (C=O) groups excluding carboxylic acids is 2. The molecule has 0 aromatic heterocycles. The van der Waals surface area contributed by atoms with Gasteiger partial charge in [0.15, 0.2) is 0 Å². The monoisotopic (exact) mass is 285 g/mol. The largest absolute Gasteiger partial charge is 0.447 e. The highest BCUT2D eigenvalue weighted by atomic mass is 16.6. The van der Waals surface area contributed by atoms with E-state index in [9.17, 15) is 9.59 Å². The van der Waals surface area contributed by atoms with Crippen LogP contribution in [0.25, 0.3) is 0 Å². The molecule has 1 aliphatic rings. The highest BCUT2D eigenvalue weighted by molar-refractivity contribution is 5.94. The van der Waals surface area contributed by atoms with Crippen LogP contribution in [0.15, 0.2) is 30.3 Å². The molecule has 0 bridgehead atoms. The minimum absolute atomic E-state index is 0.207. The number of nitrogens with zero attached hydrogens (tertiary/aromatic N) is 1. The Morgan fingerprint density at radius 2 is 2.14 bits per heavy atom. The van der Waals surface area contributed by atoms with Crippen LogP contribution in [0.4, 0.5) is 4.79 Å². The van der Waals surface area contributed by atoms with Gasteiger partial charge in [-0.1, -0.05) is 37.3 Å². The Kier molecular flexibility index (Phi) is 4.99. The Morgan fingerprint density at radius 3 is 2.81 bits per heavy atom. The van der Waals surface area contributed by atoms with E-state index in [1.165, 1.54) is 4.90 Å². The van der Waals surface area contributed by atoms with Crippen molar-refractivity contribution >= 4 is 12.0 Å². The number of hydrogen-bond donors (Lipinski definition) is 0. The van der Waals surface area contributed by atoms with Crippen molar-refractivity contribution < 1.29 is 14.3 Å². The Balaban J connectivity index is 2.09. The fraction of sp³-hybridized carbons (Fsp3) is 0.412. The number of imide groups is 1. The van der Waals surface area contributed by atoms with E-state index in [-0.39, 0.29) is 24.5 Å². The van der Waals surface area contributed by atoms with Gasteiger partial charge in [-0.2, -0.15) is 0 Å². The van der Waals surface area contributed by atoms with E-state index in [2.05, 4.69) is 11.8 Å². The molecule has 4 heteroatoms. The van der Waals surface area contributed by atoms with E-state index >= 15 is 0 Å². The standard InChI is InChI=1S/C17H19NO3/c1-3-4-8-13(2)16(19)18-15(12-21-17(18)20)11-14-9-6-5-7-10-14/h5-7,9-10,13,15H,8,11-12H2,1-2H3/t13?,15-/m1/s1. The molecule has 2 atom stereocenters. The molecule has 0 radical (unpaired) electrons. The molecule has 2 rings (SSSR count). The molecule has 1 saturated heterocycles. The summed E-state index contributed by atoms with van der Waals surface area (Å²) in [6.45, 7) is 3.78. The van der Waals surface area contributed by atoms with Crippen LogP contribution in [0.2, 0.25) is 0 Å². The predicted octanol–water partition coefficient (Wildman–Crippen LogP) is 2.63. The summed E-state index contributed by atoms with van der Waals surface area (Å²) in [6.07, 6.45) is 0.527. The Morgan fingerprint density at radius 1 is 1.43 bits per heavy atom. The smallest absolute Gasteiger partial charge is 0.416 e. The number of cyclic esters (lactones) is 1. The lowest BCUT2D eigenvalue weighted by Gasteiger charge is -2.22. The molecule has 1 heterocycles. The van der Waals surface area contributed by atoms with Crippen LogP contribution in [-0.4, -0.2) is 29.5 Å². The number of carbonyl (C=O) groups is 2. The number of hydrogen-bond acceptors (Lipinski definition) is 3. The molecule has 1 aromatic rings. The van der Waals surface area contributed by atoms with Crippen molar-refractivity contribution in [2.45, 2.75) is 32.7 Å². The van der Waals surface area contributed by atoms with E-state index in [4.69, 9.17) is 4.74 Å². The maximum atomic E-state index is 12.4. The van der Waals surface area contributed by atoms with Gasteiger partial charge in [0.1, 0.15) is 6.61 Å². The molecule has 0 N–H and O–H groups in total. The third-order valence-corrected chi connectivity index (χ3v) is 3.52. The van der Waals surface area contributed by atoms with Gasteiger partial charge >= 0.3 is 6.09 Å². The van der Waals surface area contributed by atoms with Crippen LogP contribution in [-0.2, 0) is 16.0 Å². The van der Waals surface area contributed by atoms with E-state index in [0.29, 0.717) is 12.8 Å². The molecule has 21 heavy (non-hydrogen) atoms. The molecular weight excluding hydrogens is 266 g/mol. The van der Waals surface area contributed by atoms with Crippen molar-refractivity contribution in [2.24, 2.45) is 5.92 Å². The average Bonchev–Trinajstić information content (AvgIpc) is 2.85. The van der Waals surface area contributed by atoms with Gasteiger partial charge in [-0.25, -0.2) is 9.69 Å². The van der Waals surface area contributed by atoms with Gasteiger partial charge < -0.3 is 4.74 Å².